The van der Waals surface area contributed by atoms with E-state index in [0.29, 0.717) is 0 Å². The van der Waals surface area contributed by atoms with Crippen LogP contribution in [-0.2, 0) is 0 Å². The number of nitrogens with zero attached hydrogens (tertiary/aromatic N) is 2. The van der Waals surface area contributed by atoms with E-state index >= 15 is 0 Å². The fourth-order valence-electron chi connectivity index (χ4n) is 2.46. The molecule has 0 bridgehead atoms. The number of rotatable bonds is 3. The largest absolute Gasteiger partial charge is 0.342 e. The molecule has 4 heteroatoms. The van der Waals surface area contributed by atoms with Crippen molar-refractivity contribution in [2.45, 2.75) is 46.5 Å². The lowest BCUT2D eigenvalue weighted by molar-refractivity contribution is 0.338. The van der Waals surface area contributed by atoms with Crippen molar-refractivity contribution in [1.29, 1.82) is 0 Å². The van der Waals surface area contributed by atoms with Gasteiger partial charge < -0.3 is 4.90 Å². The van der Waals surface area contributed by atoms with Gasteiger partial charge in [-0.3, -0.25) is 10.4 Å². The van der Waals surface area contributed by atoms with Gasteiger partial charge in [0.05, 0.1) is 0 Å². The molecule has 1 fully saturated rings. The number of aliphatic imine (C=N–C) groups is 1. The van der Waals surface area contributed by atoms with Gasteiger partial charge in [-0.15, -0.1) is 0 Å². The van der Waals surface area contributed by atoms with E-state index in [-0.39, 0.29) is 0 Å². The van der Waals surface area contributed by atoms with Gasteiger partial charge in [0.2, 0.25) is 5.96 Å². The maximum absolute atomic E-state index is 5.57. The molecule has 1 saturated heterocycles. The summed E-state index contributed by atoms with van der Waals surface area (Å²) >= 11 is 0. The summed E-state index contributed by atoms with van der Waals surface area (Å²) in [4.78, 5) is 6.81. The Labute approximate surface area is 106 Å². The monoisotopic (exact) mass is 240 g/mol. The number of hydrogen-bond acceptors (Lipinski definition) is 2. The Hall–Kier alpha value is -0.770. The first-order chi connectivity index (χ1) is 8.19. The van der Waals surface area contributed by atoms with Gasteiger partial charge in [-0.2, -0.15) is 0 Å². The number of guanidine groups is 1. The number of likely N-dealkylation sites (tertiary alicyclic amines) is 1. The smallest absolute Gasteiger partial charge is 0.208 e. The first-order valence-electron chi connectivity index (χ1n) is 6.95. The maximum atomic E-state index is 5.57. The molecule has 1 aliphatic rings. The van der Waals surface area contributed by atoms with Crippen LogP contribution in [0.2, 0.25) is 0 Å². The Morgan fingerprint density at radius 2 is 2.18 bits per heavy atom. The van der Waals surface area contributed by atoms with E-state index in [9.17, 15) is 0 Å². The minimum Gasteiger partial charge on any atom is -0.342 e. The molecular formula is C13H28N4. The van der Waals surface area contributed by atoms with E-state index in [1.807, 2.05) is 0 Å². The standard InChI is InChI=1S/C13H28N4/c1-4-8-15-13(16-14)17-9-5-6-12(7-10-17)11(2)3/h11-12H,4-10,14H2,1-3H3,(H,15,16). The van der Waals surface area contributed by atoms with Gasteiger partial charge in [0, 0.05) is 19.6 Å². The molecule has 0 aromatic carbocycles. The van der Waals surface area contributed by atoms with E-state index in [4.69, 9.17) is 5.84 Å². The lowest BCUT2D eigenvalue weighted by atomic mass is 9.89. The lowest BCUT2D eigenvalue weighted by Gasteiger charge is -2.24. The molecule has 0 aliphatic carbocycles. The van der Waals surface area contributed by atoms with Crippen molar-refractivity contribution in [3.05, 3.63) is 0 Å². The van der Waals surface area contributed by atoms with Gasteiger partial charge in [0.1, 0.15) is 0 Å². The zero-order chi connectivity index (χ0) is 12.7. The Bertz CT molecular complexity index is 238. The Kier molecular flexibility index (Phi) is 6.34. The highest BCUT2D eigenvalue weighted by molar-refractivity contribution is 5.79. The molecule has 3 N–H and O–H groups in total. The summed E-state index contributed by atoms with van der Waals surface area (Å²) in [5.74, 6) is 8.08. The molecule has 0 spiro atoms. The highest BCUT2D eigenvalue weighted by atomic mass is 15.4. The average Bonchev–Trinajstić information content (AvgIpc) is 2.56. The van der Waals surface area contributed by atoms with Crippen molar-refractivity contribution in [3.8, 4) is 0 Å². The molecule has 1 aliphatic heterocycles. The van der Waals surface area contributed by atoms with Crippen molar-refractivity contribution in [2.75, 3.05) is 19.6 Å². The van der Waals surface area contributed by atoms with E-state index in [1.54, 1.807) is 0 Å². The lowest BCUT2D eigenvalue weighted by Crippen LogP contribution is -2.45. The van der Waals surface area contributed by atoms with Crippen LogP contribution in [0.25, 0.3) is 0 Å². The van der Waals surface area contributed by atoms with Gasteiger partial charge in [-0.1, -0.05) is 20.8 Å². The van der Waals surface area contributed by atoms with E-state index < -0.39 is 0 Å². The number of hydrazine groups is 1. The molecule has 1 unspecified atom stereocenters. The summed E-state index contributed by atoms with van der Waals surface area (Å²) in [5.41, 5.74) is 2.75. The molecule has 4 nitrogen and oxygen atoms in total. The van der Waals surface area contributed by atoms with Gasteiger partial charge in [0.25, 0.3) is 0 Å². The van der Waals surface area contributed by atoms with Gasteiger partial charge >= 0.3 is 0 Å². The van der Waals surface area contributed by atoms with Crippen molar-refractivity contribution in [2.24, 2.45) is 22.7 Å². The first kappa shape index (κ1) is 14.3. The number of nitrogens with two attached hydrogens (primary N) is 1. The van der Waals surface area contributed by atoms with Crippen LogP contribution in [0.4, 0.5) is 0 Å². The summed E-state index contributed by atoms with van der Waals surface area (Å²) in [5, 5.41) is 0. The number of hydrogen-bond donors (Lipinski definition) is 2. The third-order valence-corrected chi connectivity index (χ3v) is 3.63. The van der Waals surface area contributed by atoms with Crippen molar-refractivity contribution < 1.29 is 0 Å². The highest BCUT2D eigenvalue weighted by Gasteiger charge is 2.20. The van der Waals surface area contributed by atoms with Crippen LogP contribution in [0.5, 0.6) is 0 Å². The van der Waals surface area contributed by atoms with Crippen LogP contribution in [-0.4, -0.2) is 30.5 Å². The molecule has 17 heavy (non-hydrogen) atoms. The van der Waals surface area contributed by atoms with Crippen LogP contribution in [0.15, 0.2) is 4.99 Å². The minimum absolute atomic E-state index is 0.789. The molecule has 0 aromatic rings. The molecule has 1 atom stereocenters. The Morgan fingerprint density at radius 3 is 2.76 bits per heavy atom. The Morgan fingerprint density at radius 1 is 1.41 bits per heavy atom. The van der Waals surface area contributed by atoms with Crippen molar-refractivity contribution in [1.82, 2.24) is 10.3 Å². The summed E-state index contributed by atoms with van der Waals surface area (Å²) < 4.78 is 0. The van der Waals surface area contributed by atoms with Crippen molar-refractivity contribution >= 4 is 5.96 Å². The fourth-order valence-corrected chi connectivity index (χ4v) is 2.46. The summed E-state index contributed by atoms with van der Waals surface area (Å²) in [7, 11) is 0. The third-order valence-electron chi connectivity index (χ3n) is 3.63. The van der Waals surface area contributed by atoms with Gasteiger partial charge in [-0.05, 0) is 37.5 Å². The number of nitrogens with one attached hydrogen (secondary N) is 1. The normalized spacial score (nSPS) is 22.8. The average molecular weight is 240 g/mol. The zero-order valence-corrected chi connectivity index (χ0v) is 11.6. The zero-order valence-electron chi connectivity index (χ0n) is 11.6. The SMILES string of the molecule is CCCN=C(NN)N1CCCC(C(C)C)CC1. The minimum atomic E-state index is 0.789. The molecule has 100 valence electrons. The van der Waals surface area contributed by atoms with Crippen LogP contribution in [0.3, 0.4) is 0 Å². The topological polar surface area (TPSA) is 53.6 Å². The van der Waals surface area contributed by atoms with E-state index in [2.05, 4.69) is 36.1 Å². The van der Waals surface area contributed by atoms with Gasteiger partial charge in [0.15, 0.2) is 0 Å². The quantitative estimate of drug-likeness (QED) is 0.343. The maximum Gasteiger partial charge on any atom is 0.208 e. The molecule has 0 aromatic heterocycles. The van der Waals surface area contributed by atoms with E-state index in [0.717, 1.165) is 43.9 Å². The molecule has 1 rings (SSSR count). The third kappa shape index (κ3) is 4.54. The molecule has 0 saturated carbocycles. The predicted octanol–water partition coefficient (Wildman–Crippen LogP) is 1.97. The second kappa shape index (κ2) is 7.54. The second-order valence-electron chi connectivity index (χ2n) is 5.27. The molecule has 1 heterocycles. The fraction of sp³-hybridized carbons (Fsp3) is 0.923. The summed E-state index contributed by atoms with van der Waals surface area (Å²) in [6, 6.07) is 0. The predicted molar refractivity (Wildman–Crippen MR) is 73.7 cm³/mol. The van der Waals surface area contributed by atoms with Gasteiger partial charge in [-0.25, -0.2) is 5.84 Å². The first-order valence-corrected chi connectivity index (χ1v) is 6.95. The van der Waals surface area contributed by atoms with Crippen LogP contribution >= 0.6 is 0 Å². The van der Waals surface area contributed by atoms with Crippen LogP contribution in [0.1, 0.15) is 46.5 Å². The van der Waals surface area contributed by atoms with Crippen molar-refractivity contribution in [3.63, 3.8) is 0 Å². The molecule has 0 amide bonds. The Balaban J connectivity index is 2.54. The molecular weight excluding hydrogens is 212 g/mol. The highest BCUT2D eigenvalue weighted by Crippen LogP contribution is 2.24. The second-order valence-corrected chi connectivity index (χ2v) is 5.27. The van der Waals surface area contributed by atoms with E-state index in [1.165, 1.54) is 19.3 Å². The summed E-state index contributed by atoms with van der Waals surface area (Å²) in [6.07, 6.45) is 4.90. The molecule has 0 radical (unpaired) electrons. The van der Waals surface area contributed by atoms with Crippen LogP contribution < -0.4 is 11.3 Å². The summed E-state index contributed by atoms with van der Waals surface area (Å²) in [6.45, 7) is 9.80. The van der Waals surface area contributed by atoms with Crippen LogP contribution in [0, 0.1) is 11.8 Å².